The number of hydrogen-bond acceptors (Lipinski definition) is 3. The van der Waals surface area contributed by atoms with Crippen LogP contribution in [0.2, 0.25) is 0 Å². The molecule has 0 heterocycles. The first-order valence-electron chi connectivity index (χ1n) is 6.19. The van der Waals surface area contributed by atoms with Gasteiger partial charge >= 0.3 is 6.03 Å². The summed E-state index contributed by atoms with van der Waals surface area (Å²) in [6.07, 6.45) is 4.35. The third-order valence-electron chi connectivity index (χ3n) is 3.06. The van der Waals surface area contributed by atoms with Gasteiger partial charge in [-0.3, -0.25) is 0 Å². The molecular weight excluding hydrogens is 236 g/mol. The van der Waals surface area contributed by atoms with Crippen LogP contribution in [0.4, 0.5) is 4.79 Å². The summed E-state index contributed by atoms with van der Waals surface area (Å²) in [5, 5.41) is 14.9. The Morgan fingerprint density at radius 1 is 1.47 bits per heavy atom. The van der Waals surface area contributed by atoms with Crippen molar-refractivity contribution in [2.45, 2.75) is 51.6 Å². The topological polar surface area (TPSA) is 61.4 Å². The molecule has 4 nitrogen and oxygen atoms in total. The lowest BCUT2D eigenvalue weighted by Crippen LogP contribution is -2.53. The van der Waals surface area contributed by atoms with Crippen molar-refractivity contribution in [2.24, 2.45) is 0 Å². The van der Waals surface area contributed by atoms with Crippen LogP contribution in [0.15, 0.2) is 0 Å². The van der Waals surface area contributed by atoms with Gasteiger partial charge in [-0.15, -0.1) is 0 Å². The molecule has 5 heteroatoms. The largest absolute Gasteiger partial charge is 0.396 e. The second kappa shape index (κ2) is 8.64. The molecule has 0 aliphatic heterocycles. The summed E-state index contributed by atoms with van der Waals surface area (Å²) in [6, 6.07) is 0.0731. The van der Waals surface area contributed by atoms with E-state index in [1.165, 1.54) is 0 Å². The van der Waals surface area contributed by atoms with E-state index in [9.17, 15) is 4.79 Å². The predicted molar refractivity (Wildman–Crippen MR) is 74.5 cm³/mol. The Morgan fingerprint density at radius 2 is 2.12 bits per heavy atom. The highest BCUT2D eigenvalue weighted by Crippen LogP contribution is 2.13. The number of aliphatic hydroxyl groups excluding tert-OH is 1. The number of nitrogens with one attached hydrogen (secondary N) is 2. The Hall–Kier alpha value is -0.420. The van der Waals surface area contributed by atoms with Crippen LogP contribution in [0.1, 0.15) is 40.0 Å². The lowest BCUT2D eigenvalue weighted by Gasteiger charge is -2.30. The quantitative estimate of drug-likeness (QED) is 0.627. The summed E-state index contributed by atoms with van der Waals surface area (Å²) in [5.41, 5.74) is -0.323. The highest BCUT2D eigenvalue weighted by atomic mass is 32.2. The Morgan fingerprint density at radius 3 is 2.53 bits per heavy atom. The number of amides is 2. The maximum Gasteiger partial charge on any atom is 0.315 e. The molecule has 0 spiro atoms. The van der Waals surface area contributed by atoms with Gasteiger partial charge < -0.3 is 15.7 Å². The van der Waals surface area contributed by atoms with Gasteiger partial charge in [-0.2, -0.15) is 11.8 Å². The van der Waals surface area contributed by atoms with E-state index in [-0.39, 0.29) is 24.2 Å². The molecule has 0 aromatic carbocycles. The maximum atomic E-state index is 11.8. The second-order valence-electron chi connectivity index (χ2n) is 4.55. The SMILES string of the molecule is CCC(CSC)NC(=O)NC(C)(CC)CCO. The van der Waals surface area contributed by atoms with Crippen LogP contribution in [0.5, 0.6) is 0 Å². The van der Waals surface area contributed by atoms with E-state index in [1.807, 2.05) is 20.1 Å². The molecule has 0 saturated heterocycles. The molecule has 0 saturated carbocycles. The Balaban J connectivity index is 4.22. The molecule has 0 aromatic heterocycles. The summed E-state index contributed by atoms with van der Waals surface area (Å²) >= 11 is 1.73. The van der Waals surface area contributed by atoms with E-state index in [0.29, 0.717) is 6.42 Å². The highest BCUT2D eigenvalue weighted by molar-refractivity contribution is 7.98. The van der Waals surface area contributed by atoms with E-state index in [4.69, 9.17) is 5.11 Å². The minimum Gasteiger partial charge on any atom is -0.396 e. The van der Waals surface area contributed by atoms with Crippen molar-refractivity contribution in [3.05, 3.63) is 0 Å². The molecule has 102 valence electrons. The number of thioether (sulfide) groups is 1. The van der Waals surface area contributed by atoms with E-state index in [0.717, 1.165) is 18.6 Å². The minimum atomic E-state index is -0.323. The third kappa shape index (κ3) is 6.78. The summed E-state index contributed by atoms with van der Waals surface area (Å²) in [7, 11) is 0. The van der Waals surface area contributed by atoms with Gasteiger partial charge in [0.1, 0.15) is 0 Å². The van der Waals surface area contributed by atoms with E-state index >= 15 is 0 Å². The predicted octanol–water partition coefficient (Wildman–Crippen LogP) is 1.98. The average Bonchev–Trinajstić information content (AvgIpc) is 2.28. The molecule has 3 N–H and O–H groups in total. The van der Waals surface area contributed by atoms with Crippen LogP contribution in [0.3, 0.4) is 0 Å². The maximum absolute atomic E-state index is 11.8. The Labute approximate surface area is 109 Å². The lowest BCUT2D eigenvalue weighted by atomic mass is 9.95. The van der Waals surface area contributed by atoms with E-state index in [1.54, 1.807) is 11.8 Å². The number of urea groups is 1. The number of hydrogen-bond donors (Lipinski definition) is 3. The fourth-order valence-electron chi connectivity index (χ4n) is 1.53. The molecule has 0 aliphatic rings. The summed E-state index contributed by atoms with van der Waals surface area (Å²) in [5.74, 6) is 0.923. The first-order valence-corrected chi connectivity index (χ1v) is 7.59. The van der Waals surface area contributed by atoms with Crippen molar-refractivity contribution >= 4 is 17.8 Å². The van der Waals surface area contributed by atoms with Gasteiger partial charge in [0.2, 0.25) is 0 Å². The summed E-state index contributed by atoms with van der Waals surface area (Å²) in [4.78, 5) is 11.8. The molecule has 0 rings (SSSR count). The minimum absolute atomic E-state index is 0.0899. The fourth-order valence-corrected chi connectivity index (χ4v) is 2.25. The van der Waals surface area contributed by atoms with Crippen molar-refractivity contribution in [2.75, 3.05) is 18.6 Å². The van der Waals surface area contributed by atoms with Gasteiger partial charge in [-0.05, 0) is 32.4 Å². The third-order valence-corrected chi connectivity index (χ3v) is 3.79. The molecule has 2 unspecified atom stereocenters. The van der Waals surface area contributed by atoms with E-state index < -0.39 is 0 Å². The number of carbonyl (C=O) groups excluding carboxylic acids is 1. The average molecular weight is 262 g/mol. The van der Waals surface area contributed by atoms with Gasteiger partial charge in [0.25, 0.3) is 0 Å². The van der Waals surface area contributed by atoms with Crippen molar-refractivity contribution in [1.82, 2.24) is 10.6 Å². The fraction of sp³-hybridized carbons (Fsp3) is 0.917. The van der Waals surface area contributed by atoms with Crippen molar-refractivity contribution in [1.29, 1.82) is 0 Å². The molecule has 2 amide bonds. The van der Waals surface area contributed by atoms with Crippen molar-refractivity contribution in [3.8, 4) is 0 Å². The summed E-state index contributed by atoms with van der Waals surface area (Å²) < 4.78 is 0. The molecule has 0 fully saturated rings. The first kappa shape index (κ1) is 16.6. The van der Waals surface area contributed by atoms with Crippen LogP contribution >= 0.6 is 11.8 Å². The number of carbonyl (C=O) groups is 1. The zero-order chi connectivity index (χ0) is 13.3. The van der Waals surface area contributed by atoms with Crippen LogP contribution in [-0.2, 0) is 0 Å². The Kier molecular flexibility index (Phi) is 8.43. The smallest absolute Gasteiger partial charge is 0.315 e. The number of rotatable bonds is 8. The zero-order valence-electron chi connectivity index (χ0n) is 11.4. The number of aliphatic hydroxyl groups is 1. The molecule has 0 radical (unpaired) electrons. The van der Waals surface area contributed by atoms with Gasteiger partial charge in [0, 0.05) is 23.9 Å². The normalized spacial score (nSPS) is 16.1. The van der Waals surface area contributed by atoms with Gasteiger partial charge in [0.05, 0.1) is 0 Å². The molecular formula is C12H26N2O2S. The molecule has 2 atom stereocenters. The summed E-state index contributed by atoms with van der Waals surface area (Å²) in [6.45, 7) is 6.12. The second-order valence-corrected chi connectivity index (χ2v) is 5.46. The van der Waals surface area contributed by atoms with E-state index in [2.05, 4.69) is 17.6 Å². The molecule has 0 aliphatic carbocycles. The molecule has 0 aromatic rings. The molecule has 17 heavy (non-hydrogen) atoms. The van der Waals surface area contributed by atoms with Crippen molar-refractivity contribution < 1.29 is 9.90 Å². The Bertz CT molecular complexity index is 227. The van der Waals surface area contributed by atoms with Gasteiger partial charge in [-0.1, -0.05) is 13.8 Å². The van der Waals surface area contributed by atoms with Crippen LogP contribution in [-0.4, -0.2) is 41.3 Å². The van der Waals surface area contributed by atoms with Crippen LogP contribution in [0, 0.1) is 0 Å². The van der Waals surface area contributed by atoms with Gasteiger partial charge in [-0.25, -0.2) is 4.79 Å². The lowest BCUT2D eigenvalue weighted by molar-refractivity contribution is 0.199. The monoisotopic (exact) mass is 262 g/mol. The standard InChI is InChI=1S/C12H26N2O2S/c1-5-10(9-17-4)13-11(16)14-12(3,6-2)7-8-15/h10,15H,5-9H2,1-4H3,(H2,13,14,16). The molecule has 0 bridgehead atoms. The van der Waals surface area contributed by atoms with Crippen LogP contribution in [0.25, 0.3) is 0 Å². The first-order chi connectivity index (χ1) is 8.01. The van der Waals surface area contributed by atoms with Gasteiger partial charge in [0.15, 0.2) is 0 Å². The van der Waals surface area contributed by atoms with Crippen molar-refractivity contribution in [3.63, 3.8) is 0 Å². The van der Waals surface area contributed by atoms with Crippen LogP contribution < -0.4 is 10.6 Å². The highest BCUT2D eigenvalue weighted by Gasteiger charge is 2.24. The zero-order valence-corrected chi connectivity index (χ0v) is 12.2.